The Morgan fingerprint density at radius 1 is 1.14 bits per heavy atom. The molecule has 5 nitrogen and oxygen atoms in total. The molecule has 0 aliphatic carbocycles. The van der Waals surface area contributed by atoms with Gasteiger partial charge >= 0.3 is 11.9 Å². The molecule has 14 heavy (non-hydrogen) atoms. The van der Waals surface area contributed by atoms with E-state index in [2.05, 4.69) is 0 Å². The van der Waals surface area contributed by atoms with Crippen LogP contribution in [-0.2, 0) is 9.59 Å². The molecule has 3 N–H and O–H groups in total. The fourth-order valence-electron chi connectivity index (χ4n) is 1.13. The zero-order valence-electron chi connectivity index (χ0n) is 8.15. The summed E-state index contributed by atoms with van der Waals surface area (Å²) in [4.78, 5) is 21.4. The molecule has 0 heterocycles. The number of carboxylic acid groups (broad SMARTS) is 2. The molecule has 1 unspecified atom stereocenters. The van der Waals surface area contributed by atoms with Gasteiger partial charge in [-0.2, -0.15) is 0 Å². The van der Waals surface area contributed by atoms with Crippen LogP contribution in [0.5, 0.6) is 0 Å². The SMILES string of the molecule is CCC(C(=O)O)=C(CC(C)O)C(=O)O. The summed E-state index contributed by atoms with van der Waals surface area (Å²) in [6.07, 6.45) is -0.879. The second-order valence-corrected chi connectivity index (χ2v) is 2.97. The minimum atomic E-state index is -1.29. The lowest BCUT2D eigenvalue weighted by atomic mass is 10.0. The average molecular weight is 202 g/mol. The van der Waals surface area contributed by atoms with E-state index in [1.165, 1.54) is 6.92 Å². The van der Waals surface area contributed by atoms with Crippen LogP contribution in [0.3, 0.4) is 0 Å². The number of aliphatic hydroxyl groups excluding tert-OH is 1. The summed E-state index contributed by atoms with van der Waals surface area (Å²) < 4.78 is 0. The minimum Gasteiger partial charge on any atom is -0.478 e. The maximum atomic E-state index is 10.7. The lowest BCUT2D eigenvalue weighted by Crippen LogP contribution is -2.15. The summed E-state index contributed by atoms with van der Waals surface area (Å²) in [5, 5.41) is 26.5. The fourth-order valence-corrected chi connectivity index (χ4v) is 1.13. The average Bonchev–Trinajstić information content (AvgIpc) is 2.02. The van der Waals surface area contributed by atoms with E-state index >= 15 is 0 Å². The van der Waals surface area contributed by atoms with Gasteiger partial charge in [-0.3, -0.25) is 0 Å². The smallest absolute Gasteiger partial charge is 0.332 e. The molecule has 0 bridgehead atoms. The van der Waals surface area contributed by atoms with Crippen LogP contribution in [0.2, 0.25) is 0 Å². The first-order valence-electron chi connectivity index (χ1n) is 4.26. The standard InChI is InChI=1S/C9H14O5/c1-3-6(8(11)12)7(9(13)14)4-5(2)10/h5,10H,3-4H2,1-2H3,(H,11,12)(H,13,14). The highest BCUT2D eigenvalue weighted by Gasteiger charge is 2.19. The van der Waals surface area contributed by atoms with Gasteiger partial charge in [-0.05, 0) is 13.3 Å². The minimum absolute atomic E-state index is 0.129. The predicted octanol–water partition coefficient (Wildman–Crippen LogP) is 0.633. The second-order valence-electron chi connectivity index (χ2n) is 2.97. The summed E-state index contributed by atoms with van der Waals surface area (Å²) in [6, 6.07) is 0. The zero-order chi connectivity index (χ0) is 11.3. The molecule has 0 aromatic carbocycles. The third kappa shape index (κ3) is 3.57. The van der Waals surface area contributed by atoms with E-state index in [4.69, 9.17) is 15.3 Å². The van der Waals surface area contributed by atoms with Crippen LogP contribution in [0.1, 0.15) is 26.7 Å². The molecule has 0 fully saturated rings. The van der Waals surface area contributed by atoms with E-state index in [1.54, 1.807) is 6.92 Å². The third-order valence-electron chi connectivity index (χ3n) is 1.73. The predicted molar refractivity (Wildman–Crippen MR) is 48.9 cm³/mol. The molecular formula is C9H14O5. The monoisotopic (exact) mass is 202 g/mol. The van der Waals surface area contributed by atoms with Gasteiger partial charge in [-0.1, -0.05) is 6.92 Å². The van der Waals surface area contributed by atoms with Crippen LogP contribution in [0.25, 0.3) is 0 Å². The van der Waals surface area contributed by atoms with Gasteiger partial charge in [0.25, 0.3) is 0 Å². The van der Waals surface area contributed by atoms with Gasteiger partial charge in [0.1, 0.15) is 0 Å². The number of aliphatic hydroxyl groups is 1. The van der Waals surface area contributed by atoms with Crippen molar-refractivity contribution in [2.24, 2.45) is 0 Å². The van der Waals surface area contributed by atoms with Crippen LogP contribution in [0.15, 0.2) is 11.1 Å². The summed E-state index contributed by atoms with van der Waals surface area (Å²) in [5.74, 6) is -2.53. The van der Waals surface area contributed by atoms with Crippen LogP contribution < -0.4 is 0 Å². The van der Waals surface area contributed by atoms with Crippen molar-refractivity contribution in [1.29, 1.82) is 0 Å². The molecule has 0 saturated carbocycles. The lowest BCUT2D eigenvalue weighted by molar-refractivity contribution is -0.136. The summed E-state index contributed by atoms with van der Waals surface area (Å²) in [5.41, 5.74) is -0.381. The van der Waals surface area contributed by atoms with Crippen molar-refractivity contribution in [3.8, 4) is 0 Å². The van der Waals surface area contributed by atoms with Crippen molar-refractivity contribution < 1.29 is 24.9 Å². The first-order chi connectivity index (χ1) is 6.40. The number of hydrogen-bond acceptors (Lipinski definition) is 3. The van der Waals surface area contributed by atoms with E-state index in [0.29, 0.717) is 0 Å². The van der Waals surface area contributed by atoms with Gasteiger partial charge in [0.05, 0.1) is 6.10 Å². The highest BCUT2D eigenvalue weighted by atomic mass is 16.4. The van der Waals surface area contributed by atoms with Crippen molar-refractivity contribution in [3.05, 3.63) is 11.1 Å². The van der Waals surface area contributed by atoms with Gasteiger partial charge in [0.15, 0.2) is 0 Å². The first kappa shape index (κ1) is 12.6. The molecule has 0 rings (SSSR count). The third-order valence-corrected chi connectivity index (χ3v) is 1.73. The largest absolute Gasteiger partial charge is 0.478 e. The highest BCUT2D eigenvalue weighted by Crippen LogP contribution is 2.15. The molecule has 0 aromatic heterocycles. The van der Waals surface area contributed by atoms with E-state index in [9.17, 15) is 9.59 Å². The normalized spacial score (nSPS) is 14.5. The van der Waals surface area contributed by atoms with E-state index in [0.717, 1.165) is 0 Å². The Morgan fingerprint density at radius 2 is 1.57 bits per heavy atom. The molecule has 0 spiro atoms. The molecule has 0 saturated heterocycles. The van der Waals surface area contributed by atoms with Crippen molar-refractivity contribution in [3.63, 3.8) is 0 Å². The Hall–Kier alpha value is -1.36. The number of hydrogen-bond donors (Lipinski definition) is 3. The van der Waals surface area contributed by atoms with Crippen LogP contribution >= 0.6 is 0 Å². The molecule has 0 radical (unpaired) electrons. The molecule has 80 valence electrons. The zero-order valence-corrected chi connectivity index (χ0v) is 8.15. The first-order valence-corrected chi connectivity index (χ1v) is 4.26. The van der Waals surface area contributed by atoms with Gasteiger partial charge in [-0.25, -0.2) is 9.59 Å². The Labute approximate surface area is 81.7 Å². The quantitative estimate of drug-likeness (QED) is 0.568. The van der Waals surface area contributed by atoms with Gasteiger partial charge in [0.2, 0.25) is 0 Å². The molecule has 0 aliphatic rings. The highest BCUT2D eigenvalue weighted by molar-refractivity contribution is 5.98. The Kier molecular flexibility index (Phi) is 4.86. The summed E-state index contributed by atoms with van der Waals surface area (Å²) in [7, 11) is 0. The molecule has 1 atom stereocenters. The maximum Gasteiger partial charge on any atom is 0.332 e. The van der Waals surface area contributed by atoms with Crippen molar-refractivity contribution in [2.75, 3.05) is 0 Å². The lowest BCUT2D eigenvalue weighted by Gasteiger charge is -2.08. The number of aliphatic carboxylic acids is 2. The second kappa shape index (κ2) is 5.39. The van der Waals surface area contributed by atoms with Crippen LogP contribution in [-0.4, -0.2) is 33.4 Å². The molecular weight excluding hydrogens is 188 g/mol. The Morgan fingerprint density at radius 3 is 1.79 bits per heavy atom. The van der Waals surface area contributed by atoms with Gasteiger partial charge in [-0.15, -0.1) is 0 Å². The van der Waals surface area contributed by atoms with E-state index < -0.39 is 18.0 Å². The van der Waals surface area contributed by atoms with Crippen molar-refractivity contribution >= 4 is 11.9 Å². The number of rotatable bonds is 5. The molecule has 0 aliphatic heterocycles. The summed E-state index contributed by atoms with van der Waals surface area (Å²) in [6.45, 7) is 2.98. The number of carboxylic acids is 2. The van der Waals surface area contributed by atoms with E-state index in [1.807, 2.05) is 0 Å². The van der Waals surface area contributed by atoms with Gasteiger partial charge < -0.3 is 15.3 Å². The van der Waals surface area contributed by atoms with Crippen molar-refractivity contribution in [2.45, 2.75) is 32.8 Å². The topological polar surface area (TPSA) is 94.8 Å². The van der Waals surface area contributed by atoms with Crippen LogP contribution in [0, 0.1) is 0 Å². The molecule has 5 heteroatoms. The van der Waals surface area contributed by atoms with Crippen LogP contribution in [0.4, 0.5) is 0 Å². The van der Waals surface area contributed by atoms with E-state index in [-0.39, 0.29) is 24.0 Å². The fraction of sp³-hybridized carbons (Fsp3) is 0.556. The Bertz CT molecular complexity index is 264. The number of carbonyl (C=O) groups is 2. The molecule has 0 aromatic rings. The summed E-state index contributed by atoms with van der Waals surface area (Å²) >= 11 is 0. The Balaban J connectivity index is 5.10. The molecule has 0 amide bonds. The van der Waals surface area contributed by atoms with Gasteiger partial charge in [0, 0.05) is 17.6 Å². The maximum absolute atomic E-state index is 10.7. The van der Waals surface area contributed by atoms with Crippen molar-refractivity contribution in [1.82, 2.24) is 0 Å².